The molecular weight excluding hydrogens is 298 g/mol. The van der Waals surface area contributed by atoms with Crippen molar-refractivity contribution in [3.8, 4) is 17.0 Å². The van der Waals surface area contributed by atoms with Crippen molar-refractivity contribution in [3.63, 3.8) is 0 Å². The number of ether oxygens (including phenoxy) is 1. The van der Waals surface area contributed by atoms with Crippen LogP contribution in [0.4, 0.5) is 0 Å². The molecular formula is C20H23N3O. The number of fused-ring (bicyclic) bond motifs is 1. The van der Waals surface area contributed by atoms with Gasteiger partial charge in [-0.05, 0) is 45.0 Å². The molecule has 1 aliphatic heterocycles. The number of aryl methyl sites for hydroxylation is 1. The van der Waals surface area contributed by atoms with Gasteiger partial charge in [0.1, 0.15) is 11.6 Å². The monoisotopic (exact) mass is 321 g/mol. The van der Waals surface area contributed by atoms with Gasteiger partial charge < -0.3 is 14.5 Å². The lowest BCUT2D eigenvalue weighted by Gasteiger charge is -2.21. The molecule has 4 rings (SSSR count). The maximum atomic E-state index is 5.44. The summed E-state index contributed by atoms with van der Waals surface area (Å²) in [5.74, 6) is 2.55. The number of aromatic nitrogens is 2. The first-order valence-electron chi connectivity index (χ1n) is 8.60. The molecule has 1 fully saturated rings. The van der Waals surface area contributed by atoms with Crippen LogP contribution >= 0.6 is 0 Å². The Morgan fingerprint density at radius 1 is 1.17 bits per heavy atom. The number of nitrogens with one attached hydrogen (secondary N) is 1. The average molecular weight is 321 g/mol. The highest BCUT2D eigenvalue weighted by atomic mass is 16.5. The molecule has 4 heteroatoms. The summed E-state index contributed by atoms with van der Waals surface area (Å²) in [4.78, 5) is 5.08. The van der Waals surface area contributed by atoms with Crippen LogP contribution in [0.3, 0.4) is 0 Å². The molecule has 4 nitrogen and oxygen atoms in total. The lowest BCUT2D eigenvalue weighted by molar-refractivity contribution is 0.414. The Kier molecular flexibility index (Phi) is 3.98. The molecule has 0 radical (unpaired) electrons. The average Bonchev–Trinajstić information content (AvgIpc) is 3.01. The van der Waals surface area contributed by atoms with Crippen LogP contribution in [0.1, 0.15) is 30.1 Å². The van der Waals surface area contributed by atoms with Crippen LogP contribution in [0.2, 0.25) is 0 Å². The molecule has 24 heavy (non-hydrogen) atoms. The second kappa shape index (κ2) is 6.29. The van der Waals surface area contributed by atoms with Gasteiger partial charge in [-0.1, -0.05) is 23.8 Å². The first-order chi connectivity index (χ1) is 11.8. The van der Waals surface area contributed by atoms with E-state index >= 15 is 0 Å². The van der Waals surface area contributed by atoms with E-state index in [4.69, 9.17) is 9.72 Å². The van der Waals surface area contributed by atoms with Crippen LogP contribution in [-0.4, -0.2) is 29.6 Å². The van der Waals surface area contributed by atoms with Gasteiger partial charge in [0.15, 0.2) is 0 Å². The normalized spacial score (nSPS) is 15.8. The molecule has 0 spiro atoms. The van der Waals surface area contributed by atoms with Crippen molar-refractivity contribution in [2.75, 3.05) is 20.2 Å². The number of piperidine rings is 1. The summed E-state index contributed by atoms with van der Waals surface area (Å²) in [7, 11) is 1.71. The lowest BCUT2D eigenvalue weighted by atomic mass is 9.97. The third-order valence-corrected chi connectivity index (χ3v) is 4.87. The molecule has 124 valence electrons. The topological polar surface area (TPSA) is 38.6 Å². The maximum absolute atomic E-state index is 5.44. The van der Waals surface area contributed by atoms with Crippen LogP contribution in [0.25, 0.3) is 16.8 Å². The highest BCUT2D eigenvalue weighted by Gasteiger charge is 2.22. The SMILES string of the molecule is COc1ccn2c(C3CCNCC3)nc(-c3cccc(C)c3)c2c1. The first kappa shape index (κ1) is 15.2. The third-order valence-electron chi connectivity index (χ3n) is 4.87. The van der Waals surface area contributed by atoms with Gasteiger partial charge in [-0.25, -0.2) is 4.98 Å². The van der Waals surface area contributed by atoms with Crippen LogP contribution in [-0.2, 0) is 0 Å². The Morgan fingerprint density at radius 2 is 2.00 bits per heavy atom. The Hall–Kier alpha value is -2.33. The van der Waals surface area contributed by atoms with E-state index in [0.717, 1.165) is 42.9 Å². The van der Waals surface area contributed by atoms with Gasteiger partial charge in [0.25, 0.3) is 0 Å². The second-order valence-electron chi connectivity index (χ2n) is 6.53. The summed E-state index contributed by atoms with van der Waals surface area (Å²) in [5, 5.41) is 3.44. The third kappa shape index (κ3) is 2.67. The predicted molar refractivity (Wildman–Crippen MR) is 96.8 cm³/mol. The fraction of sp³-hybridized carbons (Fsp3) is 0.350. The molecule has 1 aromatic carbocycles. The largest absolute Gasteiger partial charge is 0.497 e. The first-order valence-corrected chi connectivity index (χ1v) is 8.60. The summed E-state index contributed by atoms with van der Waals surface area (Å²) >= 11 is 0. The molecule has 3 heterocycles. The highest BCUT2D eigenvalue weighted by molar-refractivity contribution is 5.79. The van der Waals surface area contributed by atoms with E-state index in [2.05, 4.69) is 53.2 Å². The molecule has 0 aliphatic carbocycles. The number of benzene rings is 1. The van der Waals surface area contributed by atoms with E-state index < -0.39 is 0 Å². The lowest BCUT2D eigenvalue weighted by Crippen LogP contribution is -2.27. The number of pyridine rings is 1. The van der Waals surface area contributed by atoms with E-state index in [1.54, 1.807) is 7.11 Å². The molecule has 1 aliphatic rings. The molecule has 0 atom stereocenters. The fourth-order valence-electron chi connectivity index (χ4n) is 3.59. The van der Waals surface area contributed by atoms with Crippen LogP contribution in [0.15, 0.2) is 42.6 Å². The molecule has 0 unspecified atom stereocenters. The maximum Gasteiger partial charge on any atom is 0.122 e. The van der Waals surface area contributed by atoms with Gasteiger partial charge in [-0.2, -0.15) is 0 Å². The summed E-state index contributed by atoms with van der Waals surface area (Å²) in [6.45, 7) is 4.25. The van der Waals surface area contributed by atoms with Crippen molar-refractivity contribution in [2.24, 2.45) is 0 Å². The van der Waals surface area contributed by atoms with Gasteiger partial charge in [0, 0.05) is 23.7 Å². The van der Waals surface area contributed by atoms with Crippen molar-refractivity contribution >= 4 is 5.52 Å². The second-order valence-corrected chi connectivity index (χ2v) is 6.53. The molecule has 1 N–H and O–H groups in total. The molecule has 0 saturated carbocycles. The van der Waals surface area contributed by atoms with Gasteiger partial charge in [-0.15, -0.1) is 0 Å². The summed E-state index contributed by atoms with van der Waals surface area (Å²) in [6, 6.07) is 12.7. The minimum atomic E-state index is 0.505. The van der Waals surface area contributed by atoms with Crippen molar-refractivity contribution in [2.45, 2.75) is 25.7 Å². The van der Waals surface area contributed by atoms with Gasteiger partial charge in [0.05, 0.1) is 18.3 Å². The van der Waals surface area contributed by atoms with E-state index in [9.17, 15) is 0 Å². The molecule has 3 aromatic rings. The van der Waals surface area contributed by atoms with Gasteiger partial charge >= 0.3 is 0 Å². The zero-order chi connectivity index (χ0) is 16.5. The van der Waals surface area contributed by atoms with Gasteiger partial charge in [-0.3, -0.25) is 0 Å². The number of hydrogen-bond acceptors (Lipinski definition) is 3. The van der Waals surface area contributed by atoms with Crippen molar-refractivity contribution < 1.29 is 4.74 Å². The minimum Gasteiger partial charge on any atom is -0.497 e. The van der Waals surface area contributed by atoms with Crippen LogP contribution < -0.4 is 10.1 Å². The van der Waals surface area contributed by atoms with Crippen molar-refractivity contribution in [3.05, 3.63) is 54.0 Å². The summed E-state index contributed by atoms with van der Waals surface area (Å²) < 4.78 is 7.69. The Balaban J connectivity index is 1.91. The zero-order valence-corrected chi connectivity index (χ0v) is 14.2. The fourth-order valence-corrected chi connectivity index (χ4v) is 3.59. The van der Waals surface area contributed by atoms with E-state index in [1.165, 1.54) is 17.0 Å². The summed E-state index contributed by atoms with van der Waals surface area (Å²) in [5.41, 5.74) is 4.58. The number of methoxy groups -OCH3 is 1. The standard InChI is InChI=1S/C20H23N3O/c1-14-4-3-5-16(12-14)19-18-13-17(24-2)8-11-23(18)20(22-19)15-6-9-21-10-7-15/h3-5,8,11-13,15,21H,6-7,9-10H2,1-2H3. The molecule has 1 saturated heterocycles. The van der Waals surface area contributed by atoms with Crippen molar-refractivity contribution in [1.82, 2.24) is 14.7 Å². The van der Waals surface area contributed by atoms with Crippen LogP contribution in [0, 0.1) is 6.92 Å². The van der Waals surface area contributed by atoms with Crippen molar-refractivity contribution in [1.29, 1.82) is 0 Å². The Morgan fingerprint density at radius 3 is 2.75 bits per heavy atom. The number of rotatable bonds is 3. The molecule has 0 bridgehead atoms. The minimum absolute atomic E-state index is 0.505. The summed E-state index contributed by atoms with van der Waals surface area (Å²) in [6.07, 6.45) is 4.37. The predicted octanol–water partition coefficient (Wildman–Crippen LogP) is 3.79. The zero-order valence-electron chi connectivity index (χ0n) is 14.2. The van der Waals surface area contributed by atoms with E-state index in [1.807, 2.05) is 6.07 Å². The Labute approximate surface area is 142 Å². The Bertz CT molecular complexity index is 862. The molecule has 0 amide bonds. The highest BCUT2D eigenvalue weighted by Crippen LogP contribution is 2.33. The van der Waals surface area contributed by atoms with E-state index in [-0.39, 0.29) is 0 Å². The number of nitrogens with zero attached hydrogens (tertiary/aromatic N) is 2. The smallest absolute Gasteiger partial charge is 0.122 e. The quantitative estimate of drug-likeness (QED) is 0.798. The number of hydrogen-bond donors (Lipinski definition) is 1. The van der Waals surface area contributed by atoms with Gasteiger partial charge in [0.2, 0.25) is 0 Å². The van der Waals surface area contributed by atoms with Crippen LogP contribution in [0.5, 0.6) is 5.75 Å². The number of imidazole rings is 1. The van der Waals surface area contributed by atoms with E-state index in [0.29, 0.717) is 5.92 Å². The molecule has 2 aromatic heterocycles.